The third kappa shape index (κ3) is 8.54. The number of carbonyl (C=O) groups excluding carboxylic acids is 3. The van der Waals surface area contributed by atoms with Gasteiger partial charge in [0.25, 0.3) is 5.91 Å². The number of esters is 1. The number of nitrogens with zero attached hydrogens (tertiary/aromatic N) is 1. The summed E-state index contributed by atoms with van der Waals surface area (Å²) in [7, 11) is 1.59. The molecular weight excluding hydrogens is 379 g/mol. The van der Waals surface area contributed by atoms with E-state index < -0.39 is 12.6 Å². The fraction of sp³-hybridized carbons (Fsp3) is 0.500. The summed E-state index contributed by atoms with van der Waals surface area (Å²) in [6.07, 6.45) is 1.11. The molecule has 1 N–H and O–H groups in total. The topological polar surface area (TPSA) is 75.7 Å². The van der Waals surface area contributed by atoms with E-state index in [-0.39, 0.29) is 18.4 Å². The van der Waals surface area contributed by atoms with Gasteiger partial charge in [0.2, 0.25) is 5.91 Å². The molecule has 0 bridgehead atoms. The Kier molecular flexibility index (Phi) is 9.44. The fourth-order valence-electron chi connectivity index (χ4n) is 1.98. The van der Waals surface area contributed by atoms with Gasteiger partial charge in [-0.3, -0.25) is 14.4 Å². The summed E-state index contributed by atoms with van der Waals surface area (Å²) < 4.78 is 4.89. The average molecular weight is 403 g/mol. The Morgan fingerprint density at radius 3 is 2.50 bits per heavy atom. The van der Waals surface area contributed by atoms with Crippen molar-refractivity contribution in [1.82, 2.24) is 10.2 Å². The van der Waals surface area contributed by atoms with E-state index in [0.717, 1.165) is 12.0 Å². The highest BCUT2D eigenvalue weighted by Gasteiger charge is 2.14. The van der Waals surface area contributed by atoms with E-state index in [1.165, 1.54) is 4.90 Å². The maximum absolute atomic E-state index is 12.0. The lowest BCUT2D eigenvalue weighted by Gasteiger charge is -2.17. The number of rotatable bonds is 9. The van der Waals surface area contributed by atoms with Crippen LogP contribution < -0.4 is 5.32 Å². The average Bonchev–Trinajstić information content (AvgIpc) is 2.59. The zero-order chi connectivity index (χ0) is 19.7. The van der Waals surface area contributed by atoms with E-state index in [4.69, 9.17) is 27.9 Å². The second-order valence-corrected chi connectivity index (χ2v) is 7.18. The Labute approximate surface area is 163 Å². The molecule has 0 saturated carbocycles. The summed E-state index contributed by atoms with van der Waals surface area (Å²) >= 11 is 11.8. The molecule has 2 amide bonds. The Morgan fingerprint density at radius 2 is 1.88 bits per heavy atom. The SMILES string of the molecule is CC(C)CCC(=O)NCC(=O)OCC(=O)N(C)Cc1ccc(Cl)c(Cl)c1. The first kappa shape index (κ1) is 22.3. The third-order valence-corrected chi connectivity index (χ3v) is 4.30. The predicted molar refractivity (Wildman–Crippen MR) is 101 cm³/mol. The van der Waals surface area contributed by atoms with Crippen LogP contribution in [0.3, 0.4) is 0 Å². The molecule has 0 heterocycles. The minimum atomic E-state index is -0.654. The largest absolute Gasteiger partial charge is 0.454 e. The highest BCUT2D eigenvalue weighted by molar-refractivity contribution is 6.42. The molecule has 26 heavy (non-hydrogen) atoms. The first-order chi connectivity index (χ1) is 12.2. The third-order valence-electron chi connectivity index (χ3n) is 3.56. The van der Waals surface area contributed by atoms with E-state index in [1.54, 1.807) is 25.2 Å². The second kappa shape index (κ2) is 11.0. The van der Waals surface area contributed by atoms with Gasteiger partial charge in [0.15, 0.2) is 6.61 Å². The number of hydrogen-bond donors (Lipinski definition) is 1. The molecule has 1 aromatic carbocycles. The molecule has 0 saturated heterocycles. The predicted octanol–water partition coefficient (Wildman–Crippen LogP) is 3.05. The Morgan fingerprint density at radius 1 is 1.19 bits per heavy atom. The molecule has 0 atom stereocenters. The number of carbonyl (C=O) groups is 3. The van der Waals surface area contributed by atoms with Crippen LogP contribution in [0, 0.1) is 5.92 Å². The highest BCUT2D eigenvalue weighted by atomic mass is 35.5. The van der Waals surface area contributed by atoms with Gasteiger partial charge in [0.05, 0.1) is 10.0 Å². The van der Waals surface area contributed by atoms with Crippen molar-refractivity contribution in [1.29, 1.82) is 0 Å². The van der Waals surface area contributed by atoms with Crippen molar-refractivity contribution in [2.24, 2.45) is 5.92 Å². The van der Waals surface area contributed by atoms with Gasteiger partial charge < -0.3 is 15.0 Å². The molecule has 6 nitrogen and oxygen atoms in total. The molecule has 0 aliphatic carbocycles. The summed E-state index contributed by atoms with van der Waals surface area (Å²) in [5, 5.41) is 3.32. The van der Waals surface area contributed by atoms with Crippen LogP contribution in [0.25, 0.3) is 0 Å². The van der Waals surface area contributed by atoms with E-state index in [2.05, 4.69) is 5.32 Å². The maximum atomic E-state index is 12.0. The molecule has 1 rings (SSSR count). The zero-order valence-corrected chi connectivity index (χ0v) is 16.7. The van der Waals surface area contributed by atoms with Gasteiger partial charge in [0, 0.05) is 20.0 Å². The van der Waals surface area contributed by atoms with Crippen LogP contribution >= 0.6 is 23.2 Å². The first-order valence-corrected chi connectivity index (χ1v) is 9.04. The number of likely N-dealkylation sites (N-methyl/N-ethyl adjacent to an activating group) is 1. The quantitative estimate of drug-likeness (QED) is 0.643. The second-order valence-electron chi connectivity index (χ2n) is 6.37. The number of halogens is 2. The van der Waals surface area contributed by atoms with E-state index >= 15 is 0 Å². The molecule has 0 unspecified atom stereocenters. The number of benzene rings is 1. The lowest BCUT2D eigenvalue weighted by Crippen LogP contribution is -2.34. The maximum Gasteiger partial charge on any atom is 0.325 e. The minimum absolute atomic E-state index is 0.210. The van der Waals surface area contributed by atoms with Crippen LogP contribution in [-0.4, -0.2) is 42.9 Å². The van der Waals surface area contributed by atoms with Crippen molar-refractivity contribution < 1.29 is 19.1 Å². The molecule has 0 aliphatic rings. The minimum Gasteiger partial charge on any atom is -0.454 e. The number of nitrogens with one attached hydrogen (secondary N) is 1. The highest BCUT2D eigenvalue weighted by Crippen LogP contribution is 2.23. The molecule has 8 heteroatoms. The molecule has 0 aromatic heterocycles. The summed E-state index contributed by atoms with van der Waals surface area (Å²) in [5.41, 5.74) is 0.805. The monoisotopic (exact) mass is 402 g/mol. The van der Waals surface area contributed by atoms with Gasteiger partial charge in [-0.1, -0.05) is 43.1 Å². The molecule has 0 spiro atoms. The molecule has 1 aromatic rings. The molecule has 144 valence electrons. The van der Waals surface area contributed by atoms with Crippen LogP contribution in [0.4, 0.5) is 0 Å². The molecule has 0 fully saturated rings. The standard InChI is InChI=1S/C18H24Cl2N2O4/c1-12(2)4-7-16(23)21-9-18(25)26-11-17(24)22(3)10-13-5-6-14(19)15(20)8-13/h5-6,8,12H,4,7,9-11H2,1-3H3,(H,21,23). The van der Waals surface area contributed by atoms with Crippen molar-refractivity contribution >= 4 is 41.0 Å². The Balaban J connectivity index is 2.32. The smallest absolute Gasteiger partial charge is 0.325 e. The fourth-order valence-corrected chi connectivity index (χ4v) is 2.30. The van der Waals surface area contributed by atoms with Gasteiger partial charge >= 0.3 is 5.97 Å². The van der Waals surface area contributed by atoms with Crippen LogP contribution in [0.2, 0.25) is 10.0 Å². The number of hydrogen-bond acceptors (Lipinski definition) is 4. The lowest BCUT2D eigenvalue weighted by atomic mass is 10.1. The lowest BCUT2D eigenvalue weighted by molar-refractivity contribution is -0.151. The zero-order valence-electron chi connectivity index (χ0n) is 15.2. The molecule has 0 aliphatic heterocycles. The Hall–Kier alpha value is -1.79. The molecular formula is C18H24Cl2N2O4. The van der Waals surface area contributed by atoms with Crippen molar-refractivity contribution in [2.45, 2.75) is 33.2 Å². The normalized spacial score (nSPS) is 10.5. The van der Waals surface area contributed by atoms with Gasteiger partial charge in [0.1, 0.15) is 6.54 Å². The van der Waals surface area contributed by atoms with Crippen LogP contribution in [0.5, 0.6) is 0 Å². The number of amides is 2. The van der Waals surface area contributed by atoms with E-state index in [1.807, 2.05) is 13.8 Å². The van der Waals surface area contributed by atoms with Crippen molar-refractivity contribution in [3.63, 3.8) is 0 Å². The van der Waals surface area contributed by atoms with Gasteiger partial charge in [-0.15, -0.1) is 0 Å². The van der Waals surface area contributed by atoms with Gasteiger partial charge in [-0.05, 0) is 30.0 Å². The van der Waals surface area contributed by atoms with Gasteiger partial charge in [-0.25, -0.2) is 0 Å². The summed E-state index contributed by atoms with van der Waals surface area (Å²) in [6, 6.07) is 5.09. The van der Waals surface area contributed by atoms with Crippen molar-refractivity contribution in [2.75, 3.05) is 20.2 Å². The molecule has 0 radical (unpaired) electrons. The summed E-state index contributed by atoms with van der Waals surface area (Å²) in [6.45, 7) is 3.70. The van der Waals surface area contributed by atoms with E-state index in [9.17, 15) is 14.4 Å². The summed E-state index contributed by atoms with van der Waals surface area (Å²) in [4.78, 5) is 36.6. The Bertz CT molecular complexity index is 650. The van der Waals surface area contributed by atoms with Crippen LogP contribution in [-0.2, 0) is 25.7 Å². The van der Waals surface area contributed by atoms with Crippen molar-refractivity contribution in [3.05, 3.63) is 33.8 Å². The van der Waals surface area contributed by atoms with Gasteiger partial charge in [-0.2, -0.15) is 0 Å². The van der Waals surface area contributed by atoms with Crippen LogP contribution in [0.15, 0.2) is 18.2 Å². The summed E-state index contributed by atoms with van der Waals surface area (Å²) in [5.74, 6) is -0.815. The van der Waals surface area contributed by atoms with E-state index in [0.29, 0.717) is 28.9 Å². The number of ether oxygens (including phenoxy) is 1. The van der Waals surface area contributed by atoms with Crippen LogP contribution in [0.1, 0.15) is 32.3 Å². The van der Waals surface area contributed by atoms with Crippen molar-refractivity contribution in [3.8, 4) is 0 Å². The first-order valence-electron chi connectivity index (χ1n) is 8.29.